The number of hydrogen-bond acceptors (Lipinski definition) is 2. The first-order chi connectivity index (χ1) is 17.9. The molecule has 2 fully saturated rings. The predicted octanol–water partition coefficient (Wildman–Crippen LogP) is 9.35. The highest BCUT2D eigenvalue weighted by atomic mass is 32.1. The van der Waals surface area contributed by atoms with Gasteiger partial charge in [0.05, 0.1) is 5.41 Å². The van der Waals surface area contributed by atoms with Gasteiger partial charge in [-0.1, -0.05) is 78.4 Å². The molecule has 1 unspecified atom stereocenters. The molecular formula is C34H28S2. The number of allylic oxidation sites excluding steroid dienone is 4. The van der Waals surface area contributed by atoms with E-state index in [1.54, 1.807) is 16.9 Å². The Balaban J connectivity index is 1.61. The largest absolute Gasteiger partial charge is 0.152 e. The van der Waals surface area contributed by atoms with Crippen molar-refractivity contribution in [2.45, 2.75) is 43.9 Å². The van der Waals surface area contributed by atoms with Crippen LogP contribution in [0.4, 0.5) is 0 Å². The third kappa shape index (κ3) is 3.34. The normalized spacial score (nSPS) is 20.8. The van der Waals surface area contributed by atoms with Gasteiger partial charge in [-0.15, -0.1) is 0 Å². The van der Waals surface area contributed by atoms with Gasteiger partial charge in [0.15, 0.2) is 0 Å². The van der Waals surface area contributed by atoms with E-state index >= 15 is 0 Å². The standard InChI is InChI=1S/C34H28S2/c1-2-10-27(11-3-1)34(28-12-7-13-28)31-15-5-4-14-29(31)30(17-16-24-18-20-35-22-24)33(34)32(25-8-6-9-25)26-19-21-36-23-26/h1-5,10-11,14-15,18-23,28H,6-9,12-13H2. The summed E-state index contributed by atoms with van der Waals surface area (Å²) >= 11 is 3.53. The Bertz CT molecular complexity index is 1510. The molecule has 0 nitrogen and oxygen atoms in total. The average Bonchev–Trinajstić information content (AvgIpc) is 3.61. The average molecular weight is 501 g/mol. The Labute approximate surface area is 222 Å². The highest BCUT2D eigenvalue weighted by molar-refractivity contribution is 7.08. The van der Waals surface area contributed by atoms with Gasteiger partial charge in [0.1, 0.15) is 0 Å². The molecule has 3 aliphatic rings. The van der Waals surface area contributed by atoms with E-state index in [-0.39, 0.29) is 5.41 Å². The van der Waals surface area contributed by atoms with Crippen molar-refractivity contribution in [2.24, 2.45) is 5.92 Å². The highest BCUT2D eigenvalue weighted by Gasteiger charge is 2.54. The summed E-state index contributed by atoms with van der Waals surface area (Å²) in [6, 6.07) is 25.0. The molecule has 7 rings (SSSR count). The van der Waals surface area contributed by atoms with Crippen molar-refractivity contribution in [3.8, 4) is 11.8 Å². The van der Waals surface area contributed by atoms with Crippen LogP contribution in [0.2, 0.25) is 0 Å². The first kappa shape index (κ1) is 22.1. The number of hydrogen-bond donors (Lipinski definition) is 0. The second-order valence-corrected chi connectivity index (χ2v) is 11.8. The molecular weight excluding hydrogens is 473 g/mol. The quantitative estimate of drug-likeness (QED) is 0.245. The van der Waals surface area contributed by atoms with Crippen molar-refractivity contribution in [3.63, 3.8) is 0 Å². The molecule has 2 heteroatoms. The zero-order chi connectivity index (χ0) is 24.0. The van der Waals surface area contributed by atoms with Crippen molar-refractivity contribution in [1.82, 2.24) is 0 Å². The van der Waals surface area contributed by atoms with E-state index in [1.165, 1.54) is 77.5 Å². The summed E-state index contributed by atoms with van der Waals surface area (Å²) in [6.07, 6.45) is 7.54. The lowest BCUT2D eigenvalue weighted by Gasteiger charge is -2.47. The van der Waals surface area contributed by atoms with Crippen LogP contribution in [-0.2, 0) is 5.41 Å². The maximum atomic E-state index is 3.77. The molecule has 0 N–H and O–H groups in total. The lowest BCUT2D eigenvalue weighted by atomic mass is 9.55. The van der Waals surface area contributed by atoms with Crippen LogP contribution >= 0.6 is 22.7 Å². The Morgan fingerprint density at radius 2 is 1.56 bits per heavy atom. The second kappa shape index (κ2) is 9.07. The summed E-state index contributed by atoms with van der Waals surface area (Å²) < 4.78 is 0. The van der Waals surface area contributed by atoms with Gasteiger partial charge in [0.2, 0.25) is 0 Å². The molecule has 4 aromatic rings. The second-order valence-electron chi connectivity index (χ2n) is 10.2. The Hall–Kier alpha value is -3.12. The highest BCUT2D eigenvalue weighted by Crippen LogP contribution is 2.63. The van der Waals surface area contributed by atoms with E-state index in [0.717, 1.165) is 5.56 Å². The molecule has 1 atom stereocenters. The predicted molar refractivity (Wildman–Crippen MR) is 154 cm³/mol. The molecule has 36 heavy (non-hydrogen) atoms. The Morgan fingerprint density at radius 3 is 2.22 bits per heavy atom. The summed E-state index contributed by atoms with van der Waals surface area (Å²) in [6.45, 7) is 0. The molecule has 3 aliphatic carbocycles. The summed E-state index contributed by atoms with van der Waals surface area (Å²) in [5.41, 5.74) is 12.4. The minimum absolute atomic E-state index is 0.158. The van der Waals surface area contributed by atoms with E-state index in [1.807, 2.05) is 11.3 Å². The molecule has 176 valence electrons. The molecule has 2 saturated carbocycles. The van der Waals surface area contributed by atoms with Gasteiger partial charge >= 0.3 is 0 Å². The lowest BCUT2D eigenvalue weighted by molar-refractivity contribution is 0.230. The molecule has 0 bridgehead atoms. The van der Waals surface area contributed by atoms with Gasteiger partial charge < -0.3 is 0 Å². The summed E-state index contributed by atoms with van der Waals surface area (Å²) in [4.78, 5) is 0. The van der Waals surface area contributed by atoms with Crippen LogP contribution in [0.25, 0.3) is 11.1 Å². The van der Waals surface area contributed by atoms with Gasteiger partial charge in [0, 0.05) is 16.5 Å². The summed E-state index contributed by atoms with van der Waals surface area (Å²) in [7, 11) is 0. The fourth-order valence-corrected chi connectivity index (χ4v) is 7.71. The van der Waals surface area contributed by atoms with E-state index in [9.17, 15) is 0 Å². The zero-order valence-electron chi connectivity index (χ0n) is 20.3. The molecule has 0 radical (unpaired) electrons. The molecule has 2 aromatic heterocycles. The van der Waals surface area contributed by atoms with Gasteiger partial charge in [-0.3, -0.25) is 0 Å². The van der Waals surface area contributed by atoms with Crippen molar-refractivity contribution < 1.29 is 0 Å². The fourth-order valence-electron chi connectivity index (χ4n) is 6.47. The van der Waals surface area contributed by atoms with Crippen LogP contribution < -0.4 is 0 Å². The van der Waals surface area contributed by atoms with Crippen LogP contribution in [-0.4, -0.2) is 0 Å². The van der Waals surface area contributed by atoms with Crippen LogP contribution in [0.15, 0.2) is 99.4 Å². The van der Waals surface area contributed by atoms with Crippen molar-refractivity contribution >= 4 is 33.8 Å². The Morgan fingerprint density at radius 1 is 0.778 bits per heavy atom. The van der Waals surface area contributed by atoms with Gasteiger partial charge in [-0.2, -0.15) is 22.7 Å². The minimum Gasteiger partial charge on any atom is -0.152 e. The zero-order valence-corrected chi connectivity index (χ0v) is 21.9. The maximum absolute atomic E-state index is 3.77. The Kier molecular flexibility index (Phi) is 5.57. The SMILES string of the molecule is C(#Cc1ccsc1)C1=C(C(=C2CCC2)c2ccsc2)C(c2ccccc2)(C2CCC2)c2ccccc21. The lowest BCUT2D eigenvalue weighted by Crippen LogP contribution is -2.41. The smallest absolute Gasteiger partial charge is 0.0504 e. The molecule has 0 spiro atoms. The topological polar surface area (TPSA) is 0 Å². The van der Waals surface area contributed by atoms with E-state index < -0.39 is 0 Å². The first-order valence-corrected chi connectivity index (χ1v) is 15.0. The first-order valence-electron chi connectivity index (χ1n) is 13.1. The number of thiophene rings is 2. The van der Waals surface area contributed by atoms with E-state index in [4.69, 9.17) is 0 Å². The van der Waals surface area contributed by atoms with Gasteiger partial charge in [-0.05, 0) is 99.7 Å². The number of rotatable bonds is 4. The van der Waals surface area contributed by atoms with Crippen LogP contribution in [0.5, 0.6) is 0 Å². The maximum Gasteiger partial charge on any atom is 0.0504 e. The van der Waals surface area contributed by atoms with Crippen LogP contribution in [0.3, 0.4) is 0 Å². The van der Waals surface area contributed by atoms with Crippen molar-refractivity contribution in [2.75, 3.05) is 0 Å². The third-order valence-electron chi connectivity index (χ3n) is 8.44. The van der Waals surface area contributed by atoms with E-state index in [2.05, 4.69) is 100 Å². The summed E-state index contributed by atoms with van der Waals surface area (Å²) in [5, 5.41) is 8.88. The fraction of sp³-hybridized carbons (Fsp3) is 0.235. The monoisotopic (exact) mass is 500 g/mol. The number of fused-ring (bicyclic) bond motifs is 1. The minimum atomic E-state index is -0.158. The third-order valence-corrected chi connectivity index (χ3v) is 9.80. The summed E-state index contributed by atoms with van der Waals surface area (Å²) in [5.74, 6) is 7.92. The van der Waals surface area contributed by atoms with Crippen LogP contribution in [0.1, 0.15) is 66.3 Å². The number of benzene rings is 2. The van der Waals surface area contributed by atoms with Gasteiger partial charge in [-0.25, -0.2) is 0 Å². The molecule has 0 amide bonds. The molecule has 0 saturated heterocycles. The molecule has 2 aromatic carbocycles. The van der Waals surface area contributed by atoms with Gasteiger partial charge in [0.25, 0.3) is 0 Å². The molecule has 0 aliphatic heterocycles. The molecule has 2 heterocycles. The van der Waals surface area contributed by atoms with Crippen LogP contribution in [0, 0.1) is 17.8 Å². The van der Waals surface area contributed by atoms with Crippen molar-refractivity contribution in [3.05, 3.63) is 127 Å². The van der Waals surface area contributed by atoms with E-state index in [0.29, 0.717) is 5.92 Å². The van der Waals surface area contributed by atoms with Crippen molar-refractivity contribution in [1.29, 1.82) is 0 Å².